The first kappa shape index (κ1) is 17.1. The van der Waals surface area contributed by atoms with Crippen LogP contribution in [0.2, 0.25) is 0 Å². The molecule has 0 aliphatic heterocycles. The van der Waals surface area contributed by atoms with Gasteiger partial charge >= 0.3 is 6.09 Å². The van der Waals surface area contributed by atoms with Crippen LogP contribution in [0.5, 0.6) is 0 Å². The van der Waals surface area contributed by atoms with E-state index in [-0.39, 0.29) is 16.9 Å². The minimum absolute atomic E-state index is 0.203. The van der Waals surface area contributed by atoms with Crippen LogP contribution >= 0.6 is 11.3 Å². The average molecular weight is 364 g/mol. The molecule has 3 N–H and O–H groups in total. The quantitative estimate of drug-likeness (QED) is 0.646. The number of hydrogen-bond donors (Lipinski definition) is 3. The Morgan fingerprint density at radius 1 is 1.12 bits per heavy atom. The Labute approximate surface area is 152 Å². The summed E-state index contributed by atoms with van der Waals surface area (Å²) in [6, 6.07) is 13.7. The number of rotatable bonds is 4. The third kappa shape index (κ3) is 3.85. The van der Waals surface area contributed by atoms with Crippen LogP contribution in [0.1, 0.15) is 16.1 Å². The van der Waals surface area contributed by atoms with Crippen LogP contribution in [0.3, 0.4) is 0 Å². The fraction of sp³-hybridized carbons (Fsp3) is 0. The van der Waals surface area contributed by atoms with Crippen molar-refractivity contribution < 1.29 is 14.7 Å². The van der Waals surface area contributed by atoms with Gasteiger partial charge in [-0.2, -0.15) is 5.26 Å². The van der Waals surface area contributed by atoms with Gasteiger partial charge in [-0.15, -0.1) is 11.3 Å². The van der Waals surface area contributed by atoms with Gasteiger partial charge in [-0.3, -0.25) is 10.1 Å². The van der Waals surface area contributed by atoms with Crippen molar-refractivity contribution >= 4 is 34.7 Å². The molecule has 0 atom stereocenters. The van der Waals surface area contributed by atoms with Gasteiger partial charge in [0.15, 0.2) is 0 Å². The van der Waals surface area contributed by atoms with Crippen LogP contribution in [-0.2, 0) is 0 Å². The lowest BCUT2D eigenvalue weighted by molar-refractivity contribution is 0.102. The molecule has 0 saturated heterocycles. The smallest absolute Gasteiger partial charge is 0.409 e. The summed E-state index contributed by atoms with van der Waals surface area (Å²) >= 11 is 1.53. The van der Waals surface area contributed by atoms with Gasteiger partial charge < -0.3 is 10.4 Å². The molecule has 0 aliphatic rings. The van der Waals surface area contributed by atoms with Crippen LogP contribution in [-0.4, -0.2) is 22.1 Å². The van der Waals surface area contributed by atoms with Gasteiger partial charge in [-0.25, -0.2) is 9.78 Å². The maximum Gasteiger partial charge on any atom is 0.409 e. The number of carboxylic acid groups (broad SMARTS) is 1. The van der Waals surface area contributed by atoms with E-state index in [0.29, 0.717) is 5.69 Å². The molecule has 0 bridgehead atoms. The second-order valence-corrected chi connectivity index (χ2v) is 6.11. The molecule has 0 spiro atoms. The van der Waals surface area contributed by atoms with Crippen LogP contribution in [0.25, 0.3) is 10.4 Å². The summed E-state index contributed by atoms with van der Waals surface area (Å²) in [5, 5.41) is 24.6. The van der Waals surface area contributed by atoms with Crippen molar-refractivity contribution in [2.24, 2.45) is 0 Å². The van der Waals surface area contributed by atoms with Crippen LogP contribution in [0.15, 0.2) is 54.0 Å². The number of nitriles is 1. The topological polar surface area (TPSA) is 115 Å². The van der Waals surface area contributed by atoms with E-state index in [4.69, 9.17) is 10.4 Å². The SMILES string of the molecule is N#Cc1ccc(C(=O)Nc2cc(-c3cccs3)ccc2NC(=O)O)cn1. The minimum Gasteiger partial charge on any atom is -0.465 e. The first-order chi connectivity index (χ1) is 12.6. The number of benzene rings is 1. The minimum atomic E-state index is -1.23. The Balaban J connectivity index is 1.92. The number of aromatic nitrogens is 1. The molecule has 0 saturated carbocycles. The summed E-state index contributed by atoms with van der Waals surface area (Å²) in [5.74, 6) is -0.459. The summed E-state index contributed by atoms with van der Waals surface area (Å²) < 4.78 is 0. The van der Waals surface area contributed by atoms with Gasteiger partial charge in [0.1, 0.15) is 11.8 Å². The van der Waals surface area contributed by atoms with Crippen molar-refractivity contribution in [1.29, 1.82) is 5.26 Å². The van der Waals surface area contributed by atoms with E-state index in [9.17, 15) is 9.59 Å². The number of nitrogens with zero attached hydrogens (tertiary/aromatic N) is 2. The summed E-state index contributed by atoms with van der Waals surface area (Å²) in [7, 11) is 0. The van der Waals surface area contributed by atoms with E-state index >= 15 is 0 Å². The molecule has 26 heavy (non-hydrogen) atoms. The fourth-order valence-corrected chi connectivity index (χ4v) is 2.98. The molecular weight excluding hydrogens is 352 g/mol. The second kappa shape index (κ2) is 7.46. The van der Waals surface area contributed by atoms with E-state index in [2.05, 4.69) is 15.6 Å². The highest BCUT2D eigenvalue weighted by Gasteiger charge is 2.13. The number of nitrogens with one attached hydrogen (secondary N) is 2. The number of thiophene rings is 1. The van der Waals surface area contributed by atoms with E-state index in [1.807, 2.05) is 23.6 Å². The number of pyridine rings is 1. The Kier molecular flexibility index (Phi) is 4.92. The summed E-state index contributed by atoms with van der Waals surface area (Å²) in [5.41, 5.74) is 1.89. The highest BCUT2D eigenvalue weighted by atomic mass is 32.1. The molecule has 0 fully saturated rings. The monoisotopic (exact) mass is 364 g/mol. The zero-order chi connectivity index (χ0) is 18.5. The normalized spacial score (nSPS) is 9.96. The van der Waals surface area contributed by atoms with E-state index < -0.39 is 12.0 Å². The second-order valence-electron chi connectivity index (χ2n) is 5.17. The first-order valence-corrected chi connectivity index (χ1v) is 8.30. The Morgan fingerprint density at radius 2 is 1.96 bits per heavy atom. The van der Waals surface area contributed by atoms with Gasteiger partial charge in [-0.1, -0.05) is 12.1 Å². The molecule has 0 unspecified atom stereocenters. The Morgan fingerprint density at radius 3 is 2.58 bits per heavy atom. The molecule has 3 aromatic rings. The van der Waals surface area contributed by atoms with Crippen molar-refractivity contribution in [3.63, 3.8) is 0 Å². The number of amides is 2. The highest BCUT2D eigenvalue weighted by Crippen LogP contribution is 2.31. The molecule has 2 amide bonds. The van der Waals surface area contributed by atoms with Gasteiger partial charge in [0.25, 0.3) is 5.91 Å². The Bertz CT molecular complexity index is 992. The van der Waals surface area contributed by atoms with E-state index in [1.54, 1.807) is 18.2 Å². The van der Waals surface area contributed by atoms with Crippen molar-refractivity contribution in [2.45, 2.75) is 0 Å². The Hall–Kier alpha value is -3.70. The zero-order valence-corrected chi connectivity index (χ0v) is 14.1. The van der Waals surface area contributed by atoms with E-state index in [0.717, 1.165) is 10.4 Å². The molecule has 2 aromatic heterocycles. The summed E-state index contributed by atoms with van der Waals surface area (Å²) in [4.78, 5) is 28.3. The average Bonchev–Trinajstić information content (AvgIpc) is 3.17. The van der Waals surface area contributed by atoms with Crippen molar-refractivity contribution in [2.75, 3.05) is 10.6 Å². The lowest BCUT2D eigenvalue weighted by Gasteiger charge is -2.12. The van der Waals surface area contributed by atoms with Gasteiger partial charge in [0.2, 0.25) is 0 Å². The molecule has 0 aliphatic carbocycles. The van der Waals surface area contributed by atoms with Gasteiger partial charge in [0, 0.05) is 11.1 Å². The van der Waals surface area contributed by atoms with Crippen LogP contribution < -0.4 is 10.6 Å². The number of carbonyl (C=O) groups excluding carboxylic acids is 1. The van der Waals surface area contributed by atoms with Gasteiger partial charge in [0.05, 0.1) is 16.9 Å². The number of anilines is 2. The predicted octanol–water partition coefficient (Wildman–Crippen LogP) is 4.02. The largest absolute Gasteiger partial charge is 0.465 e. The summed E-state index contributed by atoms with van der Waals surface area (Å²) in [6.07, 6.45) is 0.0609. The van der Waals surface area contributed by atoms with Crippen molar-refractivity contribution in [1.82, 2.24) is 4.98 Å². The molecular formula is C18H12N4O3S. The lowest BCUT2D eigenvalue weighted by Crippen LogP contribution is -2.15. The van der Waals surface area contributed by atoms with Crippen LogP contribution in [0, 0.1) is 11.3 Å². The molecule has 7 nitrogen and oxygen atoms in total. The fourth-order valence-electron chi connectivity index (χ4n) is 2.26. The first-order valence-electron chi connectivity index (χ1n) is 7.42. The zero-order valence-electron chi connectivity index (χ0n) is 13.3. The van der Waals surface area contributed by atoms with Crippen LogP contribution in [0.4, 0.5) is 16.2 Å². The highest BCUT2D eigenvalue weighted by molar-refractivity contribution is 7.13. The third-order valence-corrected chi connectivity index (χ3v) is 4.37. The molecule has 128 valence electrons. The number of carbonyl (C=O) groups is 2. The summed E-state index contributed by atoms with van der Waals surface area (Å²) in [6.45, 7) is 0. The standard InChI is InChI=1S/C18H12N4O3S/c19-9-13-5-3-12(10-20-13)17(23)21-15-8-11(16-2-1-7-26-16)4-6-14(15)22-18(24)25/h1-8,10,22H,(H,21,23)(H,24,25). The van der Waals surface area contributed by atoms with Crippen molar-refractivity contribution in [3.8, 4) is 16.5 Å². The molecule has 3 rings (SSSR count). The third-order valence-electron chi connectivity index (χ3n) is 3.46. The van der Waals surface area contributed by atoms with Crippen molar-refractivity contribution in [3.05, 3.63) is 65.3 Å². The molecule has 8 heteroatoms. The maximum absolute atomic E-state index is 12.4. The predicted molar refractivity (Wildman–Crippen MR) is 98.3 cm³/mol. The van der Waals surface area contributed by atoms with E-state index in [1.165, 1.54) is 29.7 Å². The number of hydrogen-bond acceptors (Lipinski definition) is 5. The lowest BCUT2D eigenvalue weighted by atomic mass is 10.1. The molecule has 2 heterocycles. The molecule has 0 radical (unpaired) electrons. The molecule has 1 aromatic carbocycles. The van der Waals surface area contributed by atoms with Gasteiger partial charge in [-0.05, 0) is 41.3 Å². The maximum atomic E-state index is 12.4.